The van der Waals surface area contributed by atoms with Crippen molar-refractivity contribution in [3.63, 3.8) is 0 Å². The van der Waals surface area contributed by atoms with Crippen molar-refractivity contribution in [1.29, 1.82) is 0 Å². The van der Waals surface area contributed by atoms with Gasteiger partial charge in [0.15, 0.2) is 11.5 Å². The summed E-state index contributed by atoms with van der Waals surface area (Å²) in [5.41, 5.74) is 3.60. The number of urea groups is 1. The molecule has 0 spiro atoms. The second kappa shape index (κ2) is 10.8. The Morgan fingerprint density at radius 3 is 2.33 bits per heavy atom. The number of amides is 3. The van der Waals surface area contributed by atoms with Crippen LogP contribution in [0.15, 0.2) is 52.9 Å². The van der Waals surface area contributed by atoms with Crippen LogP contribution < -0.4 is 14.8 Å². The van der Waals surface area contributed by atoms with Crippen LogP contribution in [0.4, 0.5) is 10.5 Å². The number of nitrogens with zero attached hydrogens (tertiary/aromatic N) is 2. The van der Waals surface area contributed by atoms with Gasteiger partial charge in [0.05, 0.1) is 6.54 Å². The molecule has 1 aliphatic heterocycles. The highest BCUT2D eigenvalue weighted by molar-refractivity contribution is 5.93. The highest BCUT2D eigenvalue weighted by Crippen LogP contribution is 2.33. The smallest absolute Gasteiger partial charge is 0.322 e. The highest BCUT2D eigenvalue weighted by Gasteiger charge is 2.26. The summed E-state index contributed by atoms with van der Waals surface area (Å²) < 4.78 is 16.7. The van der Waals surface area contributed by atoms with Crippen LogP contribution in [0.1, 0.15) is 42.1 Å². The van der Waals surface area contributed by atoms with E-state index in [1.807, 2.05) is 83.1 Å². The number of carbonyl (C=O) groups is 2. The van der Waals surface area contributed by atoms with E-state index in [-0.39, 0.29) is 37.9 Å². The fraction of sp³-hybridized carbons (Fsp3) is 0.357. The van der Waals surface area contributed by atoms with Crippen LogP contribution in [-0.4, -0.2) is 41.1 Å². The Morgan fingerprint density at radius 1 is 0.944 bits per heavy atom. The SMILES string of the molecule is Cc1ccc(CN(Cc2ccc3c(c2)OCO3)C(=O)CN(C(=O)Nc2c(C)cccc2C)C(C)C)o1. The van der Waals surface area contributed by atoms with Crippen LogP contribution in [0.3, 0.4) is 0 Å². The van der Waals surface area contributed by atoms with E-state index < -0.39 is 0 Å². The average molecular weight is 492 g/mol. The van der Waals surface area contributed by atoms with Gasteiger partial charge in [0.25, 0.3) is 0 Å². The fourth-order valence-corrected chi connectivity index (χ4v) is 4.18. The first-order valence-electron chi connectivity index (χ1n) is 12.1. The number of nitrogens with one attached hydrogen (secondary N) is 1. The van der Waals surface area contributed by atoms with Gasteiger partial charge in [0, 0.05) is 18.3 Å². The third kappa shape index (κ3) is 5.82. The zero-order valence-electron chi connectivity index (χ0n) is 21.5. The lowest BCUT2D eigenvalue weighted by atomic mass is 10.1. The number of hydrogen-bond acceptors (Lipinski definition) is 5. The molecule has 3 aromatic rings. The maximum absolute atomic E-state index is 13.6. The summed E-state index contributed by atoms with van der Waals surface area (Å²) in [6.45, 7) is 10.3. The summed E-state index contributed by atoms with van der Waals surface area (Å²) in [4.78, 5) is 30.1. The second-order valence-corrected chi connectivity index (χ2v) is 9.37. The van der Waals surface area contributed by atoms with Crippen LogP contribution in [0.2, 0.25) is 0 Å². The van der Waals surface area contributed by atoms with Crippen molar-refractivity contribution >= 4 is 17.6 Å². The first kappa shape index (κ1) is 25.2. The standard InChI is InChI=1S/C28H33N3O5/c1-18(2)31(28(33)29-27-19(3)7-6-8-20(27)4)16-26(32)30(15-23-11-9-21(5)36-23)14-22-10-12-24-25(13-22)35-17-34-24/h6-13,18H,14-17H2,1-5H3,(H,29,33). The summed E-state index contributed by atoms with van der Waals surface area (Å²) in [6, 6.07) is 14.7. The predicted octanol–water partition coefficient (Wildman–Crippen LogP) is 5.40. The molecule has 1 aliphatic rings. The molecule has 8 nitrogen and oxygen atoms in total. The molecule has 1 N–H and O–H groups in total. The molecular formula is C28H33N3O5. The van der Waals surface area contributed by atoms with Gasteiger partial charge in [-0.05, 0) is 75.6 Å². The molecule has 0 aliphatic carbocycles. The maximum Gasteiger partial charge on any atom is 0.322 e. The van der Waals surface area contributed by atoms with E-state index in [2.05, 4.69) is 5.32 Å². The summed E-state index contributed by atoms with van der Waals surface area (Å²) in [5, 5.41) is 3.00. The number of anilines is 1. The second-order valence-electron chi connectivity index (χ2n) is 9.37. The van der Waals surface area contributed by atoms with Gasteiger partial charge >= 0.3 is 6.03 Å². The van der Waals surface area contributed by atoms with Crippen LogP contribution in [0, 0.1) is 20.8 Å². The Morgan fingerprint density at radius 2 is 1.67 bits per heavy atom. The lowest BCUT2D eigenvalue weighted by molar-refractivity contribution is -0.133. The number of aryl methyl sites for hydroxylation is 3. The summed E-state index contributed by atoms with van der Waals surface area (Å²) in [5.74, 6) is 2.61. The number of rotatable bonds is 8. The minimum atomic E-state index is -0.312. The van der Waals surface area contributed by atoms with Crippen LogP contribution in [0.25, 0.3) is 0 Å². The molecule has 2 heterocycles. The Kier molecular flexibility index (Phi) is 7.52. The van der Waals surface area contributed by atoms with Crippen LogP contribution in [-0.2, 0) is 17.9 Å². The molecule has 8 heteroatoms. The quantitative estimate of drug-likeness (QED) is 0.456. The Labute approximate surface area is 211 Å². The van der Waals surface area contributed by atoms with Gasteiger partial charge in [-0.3, -0.25) is 4.79 Å². The number of fused-ring (bicyclic) bond motifs is 1. The topological polar surface area (TPSA) is 84.2 Å². The van der Waals surface area contributed by atoms with Crippen LogP contribution >= 0.6 is 0 Å². The minimum Gasteiger partial charge on any atom is -0.464 e. The molecule has 190 valence electrons. The largest absolute Gasteiger partial charge is 0.464 e. The molecular weight excluding hydrogens is 458 g/mol. The van der Waals surface area contributed by atoms with Gasteiger partial charge in [-0.2, -0.15) is 0 Å². The first-order chi connectivity index (χ1) is 17.2. The molecule has 0 bridgehead atoms. The molecule has 0 unspecified atom stereocenters. The van der Waals surface area contributed by atoms with E-state index in [9.17, 15) is 9.59 Å². The number of hydrogen-bond donors (Lipinski definition) is 1. The number of furan rings is 1. The van der Waals surface area contributed by atoms with E-state index in [4.69, 9.17) is 13.9 Å². The Bertz CT molecular complexity index is 1230. The van der Waals surface area contributed by atoms with Gasteiger partial charge in [-0.25, -0.2) is 4.79 Å². The summed E-state index contributed by atoms with van der Waals surface area (Å²) >= 11 is 0. The van der Waals surface area contributed by atoms with Crippen molar-refractivity contribution in [3.05, 3.63) is 76.7 Å². The molecule has 0 atom stereocenters. The van der Waals surface area contributed by atoms with Gasteiger partial charge in [0.2, 0.25) is 12.7 Å². The molecule has 0 saturated heterocycles. The monoisotopic (exact) mass is 491 g/mol. The summed E-state index contributed by atoms with van der Waals surface area (Å²) in [7, 11) is 0. The van der Waals surface area contributed by atoms with E-state index >= 15 is 0 Å². The van der Waals surface area contributed by atoms with Gasteiger partial charge in [-0.1, -0.05) is 24.3 Å². The number of para-hydroxylation sites is 1. The molecule has 0 radical (unpaired) electrons. The lowest BCUT2D eigenvalue weighted by Gasteiger charge is -2.30. The maximum atomic E-state index is 13.6. The molecule has 2 aromatic carbocycles. The summed E-state index contributed by atoms with van der Waals surface area (Å²) in [6.07, 6.45) is 0. The zero-order valence-corrected chi connectivity index (χ0v) is 21.5. The van der Waals surface area contributed by atoms with Crippen molar-refractivity contribution in [3.8, 4) is 11.5 Å². The normalized spacial score (nSPS) is 12.1. The number of carbonyl (C=O) groups excluding carboxylic acids is 2. The van der Waals surface area contributed by atoms with E-state index in [1.54, 1.807) is 9.80 Å². The van der Waals surface area contributed by atoms with Crippen molar-refractivity contribution in [2.24, 2.45) is 0 Å². The third-order valence-corrected chi connectivity index (χ3v) is 6.21. The van der Waals surface area contributed by atoms with E-state index in [1.165, 1.54) is 0 Å². The molecule has 1 aromatic heterocycles. The van der Waals surface area contributed by atoms with Crippen molar-refractivity contribution in [1.82, 2.24) is 9.80 Å². The Balaban J connectivity index is 1.53. The van der Waals surface area contributed by atoms with Gasteiger partial charge in [0.1, 0.15) is 18.1 Å². The number of benzene rings is 2. The molecule has 4 rings (SSSR count). The first-order valence-corrected chi connectivity index (χ1v) is 12.1. The average Bonchev–Trinajstić information content (AvgIpc) is 3.47. The predicted molar refractivity (Wildman–Crippen MR) is 137 cm³/mol. The highest BCUT2D eigenvalue weighted by atomic mass is 16.7. The van der Waals surface area contributed by atoms with Crippen molar-refractivity contribution in [2.45, 2.75) is 53.8 Å². The molecule has 0 fully saturated rings. The van der Waals surface area contributed by atoms with Crippen LogP contribution in [0.5, 0.6) is 11.5 Å². The van der Waals surface area contributed by atoms with Crippen molar-refractivity contribution < 1.29 is 23.5 Å². The minimum absolute atomic E-state index is 0.0708. The Hall–Kier alpha value is -3.94. The van der Waals surface area contributed by atoms with E-state index in [0.29, 0.717) is 23.8 Å². The lowest BCUT2D eigenvalue weighted by Crippen LogP contribution is -2.47. The van der Waals surface area contributed by atoms with Crippen molar-refractivity contribution in [2.75, 3.05) is 18.7 Å². The third-order valence-electron chi connectivity index (χ3n) is 6.21. The zero-order chi connectivity index (χ0) is 25.8. The van der Waals surface area contributed by atoms with Gasteiger partial charge < -0.3 is 29.0 Å². The molecule has 3 amide bonds. The fourth-order valence-electron chi connectivity index (χ4n) is 4.18. The molecule has 0 saturated carbocycles. The number of ether oxygens (including phenoxy) is 2. The van der Waals surface area contributed by atoms with Gasteiger partial charge in [-0.15, -0.1) is 0 Å². The van der Waals surface area contributed by atoms with E-state index in [0.717, 1.165) is 28.1 Å². The molecule has 36 heavy (non-hydrogen) atoms.